The Bertz CT molecular complexity index is 759. The molecule has 130 valence electrons. The van der Waals surface area contributed by atoms with Gasteiger partial charge in [0.05, 0.1) is 5.56 Å². The Morgan fingerprint density at radius 2 is 1.84 bits per heavy atom. The lowest BCUT2D eigenvalue weighted by atomic mass is 9.78. The van der Waals surface area contributed by atoms with Crippen molar-refractivity contribution in [1.82, 2.24) is 15.2 Å². The second-order valence-electron chi connectivity index (χ2n) is 7.19. The van der Waals surface area contributed by atoms with E-state index in [1.54, 1.807) is 12.4 Å². The molecule has 25 heavy (non-hydrogen) atoms. The molecule has 1 spiro atoms. The standard InChI is InChI=1S/C20H22ClN3O/c21-18-3-1-15(2-4-18)16-11-17(13-23-12-16)19(25)24-9-6-20(7-10-24)5-8-22-14-20/h1-4,11-13,22H,5-10,14H2. The summed E-state index contributed by atoms with van der Waals surface area (Å²) >= 11 is 5.95. The molecule has 2 aliphatic heterocycles. The number of rotatable bonds is 2. The molecule has 1 aromatic heterocycles. The van der Waals surface area contributed by atoms with E-state index in [9.17, 15) is 4.79 Å². The van der Waals surface area contributed by atoms with Crippen LogP contribution >= 0.6 is 11.6 Å². The predicted molar refractivity (Wildman–Crippen MR) is 99.7 cm³/mol. The van der Waals surface area contributed by atoms with E-state index in [1.165, 1.54) is 6.42 Å². The minimum atomic E-state index is 0.0871. The van der Waals surface area contributed by atoms with Crippen LogP contribution in [0.2, 0.25) is 5.02 Å². The summed E-state index contributed by atoms with van der Waals surface area (Å²) in [5, 5.41) is 4.17. The van der Waals surface area contributed by atoms with Gasteiger partial charge < -0.3 is 10.2 Å². The largest absolute Gasteiger partial charge is 0.339 e. The summed E-state index contributed by atoms with van der Waals surface area (Å²) < 4.78 is 0. The molecule has 2 saturated heterocycles. The Kier molecular flexibility index (Phi) is 4.48. The molecule has 2 fully saturated rings. The lowest BCUT2D eigenvalue weighted by Crippen LogP contribution is -2.44. The fourth-order valence-corrected chi connectivity index (χ4v) is 4.07. The number of piperidine rings is 1. The van der Waals surface area contributed by atoms with E-state index < -0.39 is 0 Å². The number of pyridine rings is 1. The van der Waals surface area contributed by atoms with Gasteiger partial charge in [0.1, 0.15) is 0 Å². The SMILES string of the molecule is O=C(c1cncc(-c2ccc(Cl)cc2)c1)N1CCC2(CCNC2)CC1. The number of benzene rings is 1. The topological polar surface area (TPSA) is 45.2 Å². The highest BCUT2D eigenvalue weighted by Crippen LogP contribution is 2.37. The number of carbonyl (C=O) groups excluding carboxylic acids is 1. The van der Waals surface area contributed by atoms with Gasteiger partial charge in [0, 0.05) is 42.6 Å². The van der Waals surface area contributed by atoms with Crippen LogP contribution in [0.5, 0.6) is 0 Å². The zero-order valence-electron chi connectivity index (χ0n) is 14.2. The van der Waals surface area contributed by atoms with E-state index in [0.29, 0.717) is 16.0 Å². The van der Waals surface area contributed by atoms with E-state index in [0.717, 1.165) is 50.1 Å². The molecular formula is C20H22ClN3O. The minimum Gasteiger partial charge on any atom is -0.339 e. The van der Waals surface area contributed by atoms with Crippen molar-refractivity contribution in [2.24, 2.45) is 5.41 Å². The number of nitrogens with zero attached hydrogens (tertiary/aromatic N) is 2. The lowest BCUT2D eigenvalue weighted by Gasteiger charge is -2.38. The molecule has 2 aromatic rings. The van der Waals surface area contributed by atoms with Crippen LogP contribution in [0.3, 0.4) is 0 Å². The Hall–Kier alpha value is -1.91. The van der Waals surface area contributed by atoms with Crippen molar-refractivity contribution < 1.29 is 4.79 Å². The molecule has 5 heteroatoms. The van der Waals surface area contributed by atoms with E-state index in [2.05, 4.69) is 10.3 Å². The van der Waals surface area contributed by atoms with Gasteiger partial charge in [-0.3, -0.25) is 9.78 Å². The van der Waals surface area contributed by atoms with Gasteiger partial charge in [0.15, 0.2) is 0 Å². The van der Waals surface area contributed by atoms with Crippen LogP contribution in [0.1, 0.15) is 29.6 Å². The molecular weight excluding hydrogens is 334 g/mol. The van der Waals surface area contributed by atoms with Gasteiger partial charge in [-0.05, 0) is 55.0 Å². The highest BCUT2D eigenvalue weighted by atomic mass is 35.5. The van der Waals surface area contributed by atoms with E-state index in [-0.39, 0.29) is 5.91 Å². The van der Waals surface area contributed by atoms with Crippen molar-refractivity contribution in [1.29, 1.82) is 0 Å². The van der Waals surface area contributed by atoms with E-state index in [1.807, 2.05) is 35.2 Å². The zero-order valence-corrected chi connectivity index (χ0v) is 14.9. The van der Waals surface area contributed by atoms with Gasteiger partial charge >= 0.3 is 0 Å². The van der Waals surface area contributed by atoms with Crippen molar-refractivity contribution in [2.75, 3.05) is 26.2 Å². The van der Waals surface area contributed by atoms with Crippen molar-refractivity contribution in [2.45, 2.75) is 19.3 Å². The second kappa shape index (κ2) is 6.77. The highest BCUT2D eigenvalue weighted by Gasteiger charge is 2.38. The van der Waals surface area contributed by atoms with Crippen molar-refractivity contribution in [3.63, 3.8) is 0 Å². The first kappa shape index (κ1) is 16.6. The van der Waals surface area contributed by atoms with Crippen molar-refractivity contribution >= 4 is 17.5 Å². The zero-order chi connectivity index (χ0) is 17.3. The molecule has 4 rings (SSSR count). The van der Waals surface area contributed by atoms with E-state index in [4.69, 9.17) is 11.6 Å². The number of amides is 1. The Morgan fingerprint density at radius 1 is 1.08 bits per heavy atom. The molecule has 3 heterocycles. The lowest BCUT2D eigenvalue weighted by molar-refractivity contribution is 0.0607. The predicted octanol–water partition coefficient (Wildman–Crippen LogP) is 3.62. The van der Waals surface area contributed by atoms with Crippen LogP contribution in [0, 0.1) is 5.41 Å². The minimum absolute atomic E-state index is 0.0871. The van der Waals surface area contributed by atoms with Crippen LogP contribution in [-0.4, -0.2) is 42.0 Å². The molecule has 0 radical (unpaired) electrons. The molecule has 0 unspecified atom stereocenters. The smallest absolute Gasteiger partial charge is 0.255 e. The molecule has 0 saturated carbocycles. The average Bonchev–Trinajstić information content (AvgIpc) is 3.10. The van der Waals surface area contributed by atoms with Crippen LogP contribution in [-0.2, 0) is 0 Å². The summed E-state index contributed by atoms with van der Waals surface area (Å²) in [4.78, 5) is 19.1. The quantitative estimate of drug-likeness (QED) is 0.894. The van der Waals surface area contributed by atoms with Crippen LogP contribution in [0.4, 0.5) is 0 Å². The fraction of sp³-hybridized carbons (Fsp3) is 0.400. The van der Waals surface area contributed by atoms with Gasteiger partial charge in [-0.25, -0.2) is 0 Å². The van der Waals surface area contributed by atoms with Gasteiger partial charge in [-0.15, -0.1) is 0 Å². The molecule has 1 N–H and O–H groups in total. The number of carbonyl (C=O) groups is 1. The Morgan fingerprint density at radius 3 is 2.52 bits per heavy atom. The number of hydrogen-bond donors (Lipinski definition) is 1. The van der Waals surface area contributed by atoms with Gasteiger partial charge in [0.2, 0.25) is 0 Å². The van der Waals surface area contributed by atoms with Crippen molar-refractivity contribution in [3.8, 4) is 11.1 Å². The molecule has 1 amide bonds. The molecule has 4 nitrogen and oxygen atoms in total. The van der Waals surface area contributed by atoms with Crippen molar-refractivity contribution in [3.05, 3.63) is 53.3 Å². The third-order valence-corrected chi connectivity index (χ3v) is 5.86. The number of hydrogen-bond acceptors (Lipinski definition) is 3. The summed E-state index contributed by atoms with van der Waals surface area (Å²) in [6, 6.07) is 9.53. The average molecular weight is 356 g/mol. The maximum atomic E-state index is 12.9. The fourth-order valence-electron chi connectivity index (χ4n) is 3.95. The van der Waals surface area contributed by atoms with Gasteiger partial charge in [-0.1, -0.05) is 23.7 Å². The Labute approximate surface area is 153 Å². The summed E-state index contributed by atoms with van der Waals surface area (Å²) in [7, 11) is 0. The number of likely N-dealkylation sites (tertiary alicyclic amines) is 1. The van der Waals surface area contributed by atoms with Gasteiger partial charge in [0.25, 0.3) is 5.91 Å². The van der Waals surface area contributed by atoms with Crippen LogP contribution in [0.15, 0.2) is 42.7 Å². The van der Waals surface area contributed by atoms with E-state index >= 15 is 0 Å². The van der Waals surface area contributed by atoms with Gasteiger partial charge in [-0.2, -0.15) is 0 Å². The first-order valence-electron chi connectivity index (χ1n) is 8.86. The number of halogens is 1. The number of aromatic nitrogens is 1. The van der Waals surface area contributed by atoms with Crippen LogP contribution in [0.25, 0.3) is 11.1 Å². The summed E-state index contributed by atoms with van der Waals surface area (Å²) in [5.74, 6) is 0.0871. The monoisotopic (exact) mass is 355 g/mol. The maximum absolute atomic E-state index is 12.9. The first-order valence-corrected chi connectivity index (χ1v) is 9.24. The summed E-state index contributed by atoms with van der Waals surface area (Å²) in [5.41, 5.74) is 3.03. The normalized spacial score (nSPS) is 19.3. The summed E-state index contributed by atoms with van der Waals surface area (Å²) in [6.07, 6.45) is 6.88. The third-order valence-electron chi connectivity index (χ3n) is 5.61. The molecule has 1 aromatic carbocycles. The van der Waals surface area contributed by atoms with Crippen LogP contribution < -0.4 is 5.32 Å². The maximum Gasteiger partial charge on any atom is 0.255 e. The number of nitrogens with one attached hydrogen (secondary N) is 1. The summed E-state index contributed by atoms with van der Waals surface area (Å²) in [6.45, 7) is 3.89. The molecule has 0 aliphatic carbocycles. The third kappa shape index (κ3) is 3.42. The highest BCUT2D eigenvalue weighted by molar-refractivity contribution is 6.30. The molecule has 2 aliphatic rings. The second-order valence-corrected chi connectivity index (χ2v) is 7.62. The molecule has 0 atom stereocenters. The molecule has 0 bridgehead atoms. The Balaban J connectivity index is 1.49. The first-order chi connectivity index (χ1) is 12.2.